The van der Waals surface area contributed by atoms with Gasteiger partial charge in [0.1, 0.15) is 23.2 Å². The van der Waals surface area contributed by atoms with Crippen LogP contribution in [0.25, 0.3) is 66.1 Å². The number of allylic oxidation sites excluding steroid dienone is 7. The maximum Gasteiger partial charge on any atom is 0.145 e. The number of nitrogens with one attached hydrogen (secondary N) is 1. The zero-order valence-electron chi connectivity index (χ0n) is 32.4. The van der Waals surface area contributed by atoms with Crippen LogP contribution in [-0.4, -0.2) is 33.5 Å². The molecular formula is C51H47N5O. The number of nitrogens with zero attached hydrogens (tertiary/aromatic N) is 4. The number of furan rings is 1. The Labute approximate surface area is 333 Å². The van der Waals surface area contributed by atoms with E-state index in [1.807, 2.05) is 6.20 Å². The van der Waals surface area contributed by atoms with Crippen LogP contribution < -0.4 is 5.32 Å². The van der Waals surface area contributed by atoms with E-state index < -0.39 is 0 Å². The number of hydrogen-bond donors (Lipinski definition) is 1. The highest BCUT2D eigenvalue weighted by molar-refractivity contribution is 6.24. The fourth-order valence-electron chi connectivity index (χ4n) is 10.2. The Morgan fingerprint density at radius 2 is 1.49 bits per heavy atom. The minimum absolute atomic E-state index is 0.178. The van der Waals surface area contributed by atoms with Gasteiger partial charge in [0, 0.05) is 50.5 Å². The van der Waals surface area contributed by atoms with Gasteiger partial charge < -0.3 is 14.3 Å². The Hall–Kier alpha value is -5.98. The van der Waals surface area contributed by atoms with E-state index in [1.54, 1.807) is 0 Å². The Balaban J connectivity index is 1.13. The normalized spacial score (nSPS) is 22.9. The second-order valence-corrected chi connectivity index (χ2v) is 16.3. The predicted octanol–water partition coefficient (Wildman–Crippen LogP) is 12.5. The number of aromatic nitrogens is 2. The first kappa shape index (κ1) is 34.3. The first-order chi connectivity index (χ1) is 28.2. The summed E-state index contributed by atoms with van der Waals surface area (Å²) in [7, 11) is 2.26. The third-order valence-corrected chi connectivity index (χ3v) is 13.0. The van der Waals surface area contributed by atoms with Gasteiger partial charge in [-0.15, -0.1) is 0 Å². The molecule has 0 radical (unpaired) electrons. The van der Waals surface area contributed by atoms with Gasteiger partial charge in [-0.05, 0) is 74.5 Å². The average Bonchev–Trinajstić information content (AvgIpc) is 3.84. The predicted molar refractivity (Wildman–Crippen MR) is 235 cm³/mol. The molecule has 4 atom stereocenters. The van der Waals surface area contributed by atoms with E-state index in [2.05, 4.69) is 161 Å². The maximum absolute atomic E-state index is 7.21. The van der Waals surface area contributed by atoms with Gasteiger partial charge in [0.25, 0.3) is 0 Å². The number of rotatable bonds is 6. The summed E-state index contributed by atoms with van der Waals surface area (Å²) in [6.45, 7) is 0. The van der Waals surface area contributed by atoms with Crippen molar-refractivity contribution in [3.8, 4) is 22.4 Å². The molecule has 7 aromatic rings. The molecule has 0 amide bonds. The van der Waals surface area contributed by atoms with Crippen LogP contribution in [-0.2, 0) is 0 Å². The number of benzene rings is 4. The van der Waals surface area contributed by atoms with Gasteiger partial charge in [-0.2, -0.15) is 0 Å². The zero-order valence-corrected chi connectivity index (χ0v) is 32.4. The smallest absolute Gasteiger partial charge is 0.145 e. The van der Waals surface area contributed by atoms with Crippen LogP contribution in [0.1, 0.15) is 62.7 Å². The molecule has 11 rings (SSSR count). The van der Waals surface area contributed by atoms with E-state index in [-0.39, 0.29) is 24.3 Å². The average molecular weight is 746 g/mol. The Morgan fingerprint density at radius 1 is 0.702 bits per heavy atom. The first-order valence-corrected chi connectivity index (χ1v) is 20.9. The lowest BCUT2D eigenvalue weighted by atomic mass is 9.85. The number of fused-ring (bicyclic) bond motifs is 7. The Morgan fingerprint density at radius 3 is 2.32 bits per heavy atom. The highest BCUT2D eigenvalue weighted by Gasteiger charge is 2.38. The first-order valence-electron chi connectivity index (χ1n) is 20.9. The molecule has 1 saturated carbocycles. The molecule has 6 nitrogen and oxygen atoms in total. The van der Waals surface area contributed by atoms with Crippen LogP contribution in [0, 0.1) is 11.8 Å². The number of amidine groups is 1. The second kappa shape index (κ2) is 14.2. The highest BCUT2D eigenvalue weighted by Crippen LogP contribution is 2.46. The van der Waals surface area contributed by atoms with Gasteiger partial charge in [0.2, 0.25) is 0 Å². The zero-order chi connectivity index (χ0) is 37.9. The highest BCUT2D eigenvalue weighted by atomic mass is 16.3. The molecule has 0 bridgehead atoms. The minimum Gasteiger partial charge on any atom is -0.455 e. The number of para-hydroxylation sites is 2. The van der Waals surface area contributed by atoms with E-state index >= 15 is 0 Å². The second-order valence-electron chi connectivity index (χ2n) is 16.3. The monoisotopic (exact) mass is 745 g/mol. The summed E-state index contributed by atoms with van der Waals surface area (Å²) >= 11 is 0. The molecule has 3 aliphatic carbocycles. The molecule has 0 spiro atoms. The van der Waals surface area contributed by atoms with Crippen molar-refractivity contribution in [2.24, 2.45) is 16.8 Å². The number of aliphatic imine (C=N–C) groups is 1. The van der Waals surface area contributed by atoms with Crippen LogP contribution in [0.5, 0.6) is 0 Å². The van der Waals surface area contributed by atoms with E-state index in [9.17, 15) is 0 Å². The lowest BCUT2D eigenvalue weighted by Crippen LogP contribution is -2.57. The van der Waals surface area contributed by atoms with E-state index in [0.29, 0.717) is 5.92 Å². The molecule has 6 heteroatoms. The Kier molecular flexibility index (Phi) is 8.54. The van der Waals surface area contributed by atoms with Gasteiger partial charge in [-0.1, -0.05) is 129 Å². The van der Waals surface area contributed by atoms with Crippen molar-refractivity contribution in [3.05, 3.63) is 151 Å². The molecule has 4 unspecified atom stereocenters. The van der Waals surface area contributed by atoms with E-state index in [0.717, 1.165) is 73.9 Å². The summed E-state index contributed by atoms with van der Waals surface area (Å²) in [4.78, 5) is 13.5. The van der Waals surface area contributed by atoms with E-state index in [1.165, 1.54) is 48.5 Å². The van der Waals surface area contributed by atoms with Crippen molar-refractivity contribution in [2.45, 2.75) is 63.3 Å². The molecule has 0 saturated heterocycles. The molecule has 1 N–H and O–H groups in total. The third-order valence-electron chi connectivity index (χ3n) is 13.0. The van der Waals surface area contributed by atoms with E-state index in [4.69, 9.17) is 14.4 Å². The van der Waals surface area contributed by atoms with Gasteiger partial charge >= 0.3 is 0 Å². The summed E-state index contributed by atoms with van der Waals surface area (Å²) in [6.07, 6.45) is 28.0. The molecule has 4 heterocycles. The van der Waals surface area contributed by atoms with Crippen LogP contribution in [0.4, 0.5) is 0 Å². The molecule has 1 fully saturated rings. The van der Waals surface area contributed by atoms with Crippen molar-refractivity contribution in [2.75, 3.05) is 7.05 Å². The van der Waals surface area contributed by atoms with Crippen LogP contribution >= 0.6 is 0 Å². The molecule has 57 heavy (non-hydrogen) atoms. The van der Waals surface area contributed by atoms with Crippen LogP contribution in [0.15, 0.2) is 155 Å². The molecule has 3 aromatic heterocycles. The van der Waals surface area contributed by atoms with Crippen molar-refractivity contribution in [1.29, 1.82) is 0 Å². The van der Waals surface area contributed by atoms with Gasteiger partial charge in [0.05, 0.1) is 28.8 Å². The maximum atomic E-state index is 7.21. The van der Waals surface area contributed by atoms with Crippen LogP contribution in [0.3, 0.4) is 0 Å². The molecular weight excluding hydrogens is 699 g/mol. The number of hydrogen-bond acceptors (Lipinski definition) is 5. The fourth-order valence-corrected chi connectivity index (χ4v) is 10.2. The van der Waals surface area contributed by atoms with Gasteiger partial charge in [0.15, 0.2) is 0 Å². The van der Waals surface area contributed by atoms with Gasteiger partial charge in [-0.25, -0.2) is 4.99 Å². The van der Waals surface area contributed by atoms with Crippen molar-refractivity contribution >= 4 is 49.6 Å². The summed E-state index contributed by atoms with van der Waals surface area (Å²) in [5, 5.41) is 8.60. The van der Waals surface area contributed by atoms with Crippen molar-refractivity contribution in [1.82, 2.24) is 19.8 Å². The summed E-state index contributed by atoms with van der Waals surface area (Å²) in [5.74, 6) is 1.85. The third kappa shape index (κ3) is 5.80. The SMILES string of the molecule is CN1C(c2cc(-c3ccccc3)cnc2-c2cccc3c2oc2c3ccc3c2c2ccccc2n3C2C=CC=CC2)N=C(C2C=CC=CC2)NC1C1CCCCC1. The summed E-state index contributed by atoms with van der Waals surface area (Å²) in [6, 6.07) is 33.1. The molecule has 282 valence electrons. The lowest BCUT2D eigenvalue weighted by Gasteiger charge is -2.45. The summed E-state index contributed by atoms with van der Waals surface area (Å²) < 4.78 is 9.70. The molecule has 4 aromatic carbocycles. The van der Waals surface area contributed by atoms with Crippen molar-refractivity contribution in [3.63, 3.8) is 0 Å². The summed E-state index contributed by atoms with van der Waals surface area (Å²) in [5.41, 5.74) is 9.45. The fraction of sp³-hybridized carbons (Fsp3) is 0.255. The number of pyridine rings is 1. The Bertz CT molecular complexity index is 2810. The van der Waals surface area contributed by atoms with Crippen LogP contribution in [0.2, 0.25) is 0 Å². The largest absolute Gasteiger partial charge is 0.455 e. The molecule has 4 aliphatic rings. The molecule has 1 aliphatic heterocycles. The quantitative estimate of drug-likeness (QED) is 0.184. The van der Waals surface area contributed by atoms with Crippen molar-refractivity contribution < 1.29 is 4.42 Å². The topological polar surface area (TPSA) is 58.6 Å². The minimum atomic E-state index is -0.236. The standard InChI is InChI=1S/C51H47N5O/c1-55-50(35-21-10-4-11-22-35)53-49(34-19-8-3-9-20-34)54-51(55)42-31-36(33-17-6-2-7-18-33)32-52-46(42)41-27-16-26-38-39-29-30-44-45(48(39)57-47(38)41)40-25-14-15-28-43(40)56(44)37-23-12-5-13-24-37/h2-3,5-9,12-19,23,25-32,34-35,37,50-51H,4,10-11,20-22,24H2,1H3,(H,53,54). The lowest BCUT2D eigenvalue weighted by molar-refractivity contribution is 0.0809. The van der Waals surface area contributed by atoms with Gasteiger partial charge in [-0.3, -0.25) is 9.88 Å².